The van der Waals surface area contributed by atoms with Crippen molar-refractivity contribution in [3.8, 4) is 17.0 Å². The van der Waals surface area contributed by atoms with Crippen molar-refractivity contribution in [1.82, 2.24) is 9.88 Å². The van der Waals surface area contributed by atoms with Crippen molar-refractivity contribution >= 4 is 23.2 Å². The third-order valence-electron chi connectivity index (χ3n) is 7.80. The minimum Gasteiger partial charge on any atom is -0.508 e. The number of hydrogen-bond acceptors (Lipinski definition) is 9. The van der Waals surface area contributed by atoms with E-state index in [9.17, 15) is 34.8 Å². The number of likely N-dealkylation sites (N-methyl/N-ethyl adjacent to an activating group) is 1. The van der Waals surface area contributed by atoms with Gasteiger partial charge in [0.25, 0.3) is 5.91 Å². The number of phenolic OH excluding ortho intramolecular Hbond substituents is 1. The van der Waals surface area contributed by atoms with E-state index in [1.165, 1.54) is 11.0 Å². The number of hydrogen-bond donors (Lipinski definition) is 5. The van der Waals surface area contributed by atoms with Crippen molar-refractivity contribution in [3.63, 3.8) is 0 Å². The number of nitrogens with zero attached hydrogens (tertiary/aromatic N) is 2. The van der Waals surface area contributed by atoms with E-state index in [0.29, 0.717) is 16.8 Å². The summed E-state index contributed by atoms with van der Waals surface area (Å²) < 4.78 is 0. The highest BCUT2D eigenvalue weighted by Crippen LogP contribution is 2.53. The molecule has 0 unspecified atom stereocenters. The lowest BCUT2D eigenvalue weighted by atomic mass is 9.57. The van der Waals surface area contributed by atoms with E-state index < -0.39 is 58.0 Å². The van der Waals surface area contributed by atoms with Gasteiger partial charge in [0, 0.05) is 23.3 Å². The van der Waals surface area contributed by atoms with Crippen molar-refractivity contribution in [2.24, 2.45) is 17.6 Å². The fraction of sp³-hybridized carbons (Fsp3) is 0.333. The number of aryl methyl sites for hydroxylation is 1. The lowest BCUT2D eigenvalue weighted by Crippen LogP contribution is -2.65. The molecule has 37 heavy (non-hydrogen) atoms. The fourth-order valence-corrected chi connectivity index (χ4v) is 6.17. The number of rotatable bonds is 3. The van der Waals surface area contributed by atoms with Crippen LogP contribution in [0.15, 0.2) is 47.4 Å². The molecule has 3 aliphatic carbocycles. The number of carbonyl (C=O) groups is 3. The Bertz CT molecular complexity index is 1460. The summed E-state index contributed by atoms with van der Waals surface area (Å²) in [6.07, 6.45) is 1.88. The van der Waals surface area contributed by atoms with Gasteiger partial charge in [0.1, 0.15) is 22.8 Å². The van der Waals surface area contributed by atoms with Gasteiger partial charge in [-0.25, -0.2) is 0 Å². The number of amides is 1. The smallest absolute Gasteiger partial charge is 0.255 e. The van der Waals surface area contributed by atoms with Crippen LogP contribution in [0.2, 0.25) is 0 Å². The van der Waals surface area contributed by atoms with Gasteiger partial charge in [0.2, 0.25) is 5.78 Å². The second-order valence-electron chi connectivity index (χ2n) is 10.2. The number of pyridine rings is 1. The van der Waals surface area contributed by atoms with E-state index in [1.54, 1.807) is 26.4 Å². The number of aromatic hydroxyl groups is 1. The lowest BCUT2D eigenvalue weighted by Gasteiger charge is -2.50. The molecule has 1 aromatic heterocycles. The molecular weight excluding hydrogens is 478 g/mol. The monoisotopic (exact) mass is 505 g/mol. The van der Waals surface area contributed by atoms with Crippen molar-refractivity contribution in [2.75, 3.05) is 14.1 Å². The number of benzene rings is 1. The molecule has 1 amide bonds. The number of Topliss-reactive ketones (excluding diaryl/α,β-unsaturated/α-hetero) is 2. The zero-order valence-corrected chi connectivity index (χ0v) is 20.5. The maximum atomic E-state index is 13.9. The van der Waals surface area contributed by atoms with Crippen LogP contribution >= 0.6 is 0 Å². The molecule has 2 aromatic rings. The van der Waals surface area contributed by atoms with Crippen LogP contribution in [0.25, 0.3) is 17.0 Å². The molecule has 10 heteroatoms. The topological polar surface area (TPSA) is 174 Å². The third kappa shape index (κ3) is 3.32. The van der Waals surface area contributed by atoms with Crippen LogP contribution in [0, 0.1) is 18.8 Å². The molecule has 1 fully saturated rings. The molecule has 3 aliphatic rings. The number of nitrogens with two attached hydrogens (primary N) is 1. The van der Waals surface area contributed by atoms with Gasteiger partial charge in [0.05, 0.1) is 17.3 Å². The highest BCUT2D eigenvalue weighted by molar-refractivity contribution is 6.24. The lowest BCUT2D eigenvalue weighted by molar-refractivity contribution is -0.153. The molecule has 6 N–H and O–H groups in total. The van der Waals surface area contributed by atoms with E-state index in [1.807, 2.05) is 19.1 Å². The van der Waals surface area contributed by atoms with Crippen LogP contribution in [0.3, 0.4) is 0 Å². The first-order chi connectivity index (χ1) is 17.4. The molecule has 1 heterocycles. The summed E-state index contributed by atoms with van der Waals surface area (Å²) in [6, 6.07) is 5.66. The van der Waals surface area contributed by atoms with Crippen LogP contribution in [0.1, 0.15) is 23.1 Å². The Morgan fingerprint density at radius 2 is 1.86 bits per heavy atom. The Kier molecular flexibility index (Phi) is 5.50. The van der Waals surface area contributed by atoms with E-state index in [0.717, 1.165) is 5.56 Å². The van der Waals surface area contributed by atoms with Gasteiger partial charge in [-0.15, -0.1) is 0 Å². The zero-order chi connectivity index (χ0) is 27.0. The van der Waals surface area contributed by atoms with Crippen molar-refractivity contribution in [2.45, 2.75) is 31.4 Å². The maximum absolute atomic E-state index is 13.9. The standard InChI is InChI=1S/C27H27N3O7/c1-11-6-7-29-16(8-11)13-4-5-17(31)19-14(13)9-12-10-15-21(30(2)3)23(33)20(26(28)36)25(35)27(15,37)24(34)18(12)22(19)32/h4-8,12,15,21,31-32,35,37H,9-10H2,1-3H3,(H2,28,36)/t12-,15-,21-,27-/m0/s1. The van der Waals surface area contributed by atoms with Crippen LogP contribution in [-0.4, -0.2) is 73.5 Å². The number of aliphatic hydroxyl groups excluding tert-OH is 2. The Hall–Kier alpha value is -4.02. The highest BCUT2D eigenvalue weighted by Gasteiger charge is 2.64. The summed E-state index contributed by atoms with van der Waals surface area (Å²) in [7, 11) is 3.12. The highest BCUT2D eigenvalue weighted by atomic mass is 16.3. The Morgan fingerprint density at radius 3 is 2.49 bits per heavy atom. The number of ketones is 2. The predicted molar refractivity (Wildman–Crippen MR) is 132 cm³/mol. The molecule has 0 saturated heterocycles. The molecule has 0 radical (unpaired) electrons. The van der Waals surface area contributed by atoms with Gasteiger partial charge in [-0.3, -0.25) is 24.3 Å². The third-order valence-corrected chi connectivity index (χ3v) is 7.80. The van der Waals surface area contributed by atoms with Gasteiger partial charge in [-0.2, -0.15) is 0 Å². The second-order valence-corrected chi connectivity index (χ2v) is 10.2. The van der Waals surface area contributed by atoms with Gasteiger partial charge in [0.15, 0.2) is 11.4 Å². The maximum Gasteiger partial charge on any atom is 0.255 e. The van der Waals surface area contributed by atoms with Crippen LogP contribution in [0.4, 0.5) is 0 Å². The summed E-state index contributed by atoms with van der Waals surface area (Å²) in [5.41, 5.74) is 4.53. The molecule has 5 rings (SSSR count). The SMILES string of the molecule is Cc1ccnc(-c2ccc(O)c3c2C[C@H]2C[C@H]4[C@H](N(C)C)C(=O)C(C(N)=O)=C(O)[C@@]4(O)C(=O)C2=C3O)c1. The Labute approximate surface area is 212 Å². The first kappa shape index (κ1) is 24.7. The van der Waals surface area contributed by atoms with Crippen molar-refractivity contribution in [3.05, 3.63) is 64.1 Å². The zero-order valence-electron chi connectivity index (χ0n) is 20.5. The predicted octanol–water partition coefficient (Wildman–Crippen LogP) is 1.33. The van der Waals surface area contributed by atoms with E-state index in [-0.39, 0.29) is 29.7 Å². The molecule has 0 aliphatic heterocycles. The molecular formula is C27H27N3O7. The Balaban J connectivity index is 1.75. The summed E-state index contributed by atoms with van der Waals surface area (Å²) in [5.74, 6) is -6.75. The van der Waals surface area contributed by atoms with Gasteiger partial charge >= 0.3 is 0 Å². The molecule has 10 nitrogen and oxygen atoms in total. The molecule has 0 bridgehead atoms. The fourth-order valence-electron chi connectivity index (χ4n) is 6.17. The number of carbonyl (C=O) groups excluding carboxylic acids is 3. The van der Waals surface area contributed by atoms with Gasteiger partial charge < -0.3 is 26.2 Å². The molecule has 1 saturated carbocycles. The van der Waals surface area contributed by atoms with E-state index >= 15 is 0 Å². The van der Waals surface area contributed by atoms with Gasteiger partial charge in [-0.05, 0) is 75.2 Å². The summed E-state index contributed by atoms with van der Waals surface area (Å²) in [4.78, 5) is 45.0. The Morgan fingerprint density at radius 1 is 1.16 bits per heavy atom. The van der Waals surface area contributed by atoms with Crippen molar-refractivity contribution < 1.29 is 34.8 Å². The van der Waals surface area contributed by atoms with Crippen LogP contribution in [0.5, 0.6) is 5.75 Å². The minimum atomic E-state index is -2.66. The number of aliphatic hydroxyl groups is 3. The summed E-state index contributed by atoms with van der Waals surface area (Å²) >= 11 is 0. The number of fused-ring (bicyclic) bond motifs is 3. The largest absolute Gasteiger partial charge is 0.508 e. The average molecular weight is 506 g/mol. The second kappa shape index (κ2) is 8.25. The number of phenols is 1. The number of primary amides is 1. The first-order valence-corrected chi connectivity index (χ1v) is 11.8. The van der Waals surface area contributed by atoms with Crippen molar-refractivity contribution in [1.29, 1.82) is 0 Å². The van der Waals surface area contributed by atoms with E-state index in [4.69, 9.17) is 5.73 Å². The summed E-state index contributed by atoms with van der Waals surface area (Å²) in [6.45, 7) is 1.91. The normalized spacial score (nSPS) is 27.2. The van der Waals surface area contributed by atoms with Crippen LogP contribution < -0.4 is 5.73 Å². The molecule has 4 atom stereocenters. The molecule has 0 spiro atoms. The average Bonchev–Trinajstić information content (AvgIpc) is 2.81. The summed E-state index contributed by atoms with van der Waals surface area (Å²) in [5, 5.41) is 44.6. The molecule has 1 aromatic carbocycles. The minimum absolute atomic E-state index is 0.0299. The van der Waals surface area contributed by atoms with Crippen LogP contribution in [-0.2, 0) is 20.8 Å². The van der Waals surface area contributed by atoms with E-state index in [2.05, 4.69) is 4.98 Å². The first-order valence-electron chi connectivity index (χ1n) is 11.8. The molecule has 192 valence electrons. The number of aromatic nitrogens is 1. The van der Waals surface area contributed by atoms with Gasteiger partial charge in [-0.1, -0.05) is 0 Å². The quantitative estimate of drug-likeness (QED) is 0.386.